The van der Waals surface area contributed by atoms with E-state index < -0.39 is 29.5 Å². The number of halogens is 3. The van der Waals surface area contributed by atoms with Crippen LogP contribution in [0.5, 0.6) is 5.88 Å². The van der Waals surface area contributed by atoms with Gasteiger partial charge in [0.05, 0.1) is 16.7 Å². The van der Waals surface area contributed by atoms with Crippen molar-refractivity contribution in [1.82, 2.24) is 15.2 Å². The molecular formula is C12H17BrF2N4O3. The Morgan fingerprint density at radius 2 is 2.18 bits per heavy atom. The highest BCUT2D eigenvalue weighted by molar-refractivity contribution is 9.10. The number of aromatic nitrogens is 1. The number of nitrogens with one attached hydrogen (secondary N) is 1. The summed E-state index contributed by atoms with van der Waals surface area (Å²) in [5, 5.41) is 14.0. The minimum atomic E-state index is -2.74. The molecule has 0 aliphatic carbocycles. The molecule has 124 valence electrons. The second-order valence-electron chi connectivity index (χ2n) is 4.74. The third kappa shape index (κ3) is 5.11. The summed E-state index contributed by atoms with van der Waals surface area (Å²) in [6.45, 7) is -0.388. The van der Waals surface area contributed by atoms with E-state index in [1.54, 1.807) is 7.05 Å². The maximum absolute atomic E-state index is 12.3. The van der Waals surface area contributed by atoms with E-state index in [1.165, 1.54) is 6.07 Å². The Kier molecular flexibility index (Phi) is 7.04. The van der Waals surface area contributed by atoms with Crippen molar-refractivity contribution in [1.29, 1.82) is 0 Å². The Morgan fingerprint density at radius 3 is 2.64 bits per heavy atom. The molecule has 0 spiro atoms. The fourth-order valence-corrected chi connectivity index (χ4v) is 2.36. The van der Waals surface area contributed by atoms with Gasteiger partial charge in [0.15, 0.2) is 6.61 Å². The van der Waals surface area contributed by atoms with Crippen molar-refractivity contribution in [2.24, 2.45) is 0 Å². The second-order valence-corrected chi connectivity index (χ2v) is 5.60. The lowest BCUT2D eigenvalue weighted by Crippen LogP contribution is -2.30. The van der Waals surface area contributed by atoms with Gasteiger partial charge in [0.1, 0.15) is 0 Å². The number of rotatable bonds is 8. The third-order valence-corrected chi connectivity index (χ3v) is 3.35. The van der Waals surface area contributed by atoms with E-state index in [-0.39, 0.29) is 6.04 Å². The van der Waals surface area contributed by atoms with Crippen LogP contribution in [0.2, 0.25) is 0 Å². The molecule has 0 saturated carbocycles. The first kappa shape index (κ1) is 18.7. The zero-order valence-electron chi connectivity index (χ0n) is 12.3. The van der Waals surface area contributed by atoms with Gasteiger partial charge in [-0.15, -0.1) is 0 Å². The number of hydrogen-bond acceptors (Lipinski definition) is 6. The molecule has 0 aliphatic rings. The predicted molar refractivity (Wildman–Crippen MR) is 80.4 cm³/mol. The van der Waals surface area contributed by atoms with Crippen LogP contribution in [0.15, 0.2) is 10.5 Å². The Labute approximate surface area is 134 Å². The van der Waals surface area contributed by atoms with Crippen molar-refractivity contribution in [2.75, 3.05) is 34.3 Å². The van der Waals surface area contributed by atoms with E-state index in [0.717, 1.165) is 0 Å². The van der Waals surface area contributed by atoms with E-state index in [2.05, 4.69) is 26.2 Å². The minimum Gasteiger partial charge on any atom is -0.467 e. The summed E-state index contributed by atoms with van der Waals surface area (Å²) < 4.78 is 29.8. The summed E-state index contributed by atoms with van der Waals surface area (Å²) in [6.07, 6.45) is -2.74. The summed E-state index contributed by atoms with van der Waals surface area (Å²) in [4.78, 5) is 16.2. The molecule has 0 fully saturated rings. The van der Waals surface area contributed by atoms with Gasteiger partial charge in [0, 0.05) is 17.1 Å². The molecular weight excluding hydrogens is 366 g/mol. The summed E-state index contributed by atoms with van der Waals surface area (Å²) in [6, 6.07) is 0.961. The van der Waals surface area contributed by atoms with E-state index in [9.17, 15) is 18.9 Å². The van der Waals surface area contributed by atoms with E-state index >= 15 is 0 Å². The van der Waals surface area contributed by atoms with Crippen molar-refractivity contribution in [3.8, 4) is 5.88 Å². The standard InChI is InChI=1S/C12H17BrF2N4O3/c1-16-8(5-18(2)3)11-7(13)4-9(19(20)21)12(17-11)22-6-10(14)15/h4,8,10,16H,5-6H2,1-3H3. The zero-order valence-corrected chi connectivity index (χ0v) is 13.9. The molecule has 0 amide bonds. The lowest BCUT2D eigenvalue weighted by atomic mass is 10.1. The second kappa shape index (κ2) is 8.30. The molecule has 22 heavy (non-hydrogen) atoms. The van der Waals surface area contributed by atoms with Crippen molar-refractivity contribution in [3.05, 3.63) is 26.3 Å². The van der Waals surface area contributed by atoms with E-state index in [4.69, 9.17) is 4.74 Å². The van der Waals surface area contributed by atoms with Gasteiger partial charge in [-0.25, -0.2) is 13.8 Å². The molecule has 1 aromatic heterocycles. The van der Waals surface area contributed by atoms with Crippen LogP contribution < -0.4 is 10.1 Å². The van der Waals surface area contributed by atoms with Crippen LogP contribution in [0.1, 0.15) is 11.7 Å². The van der Waals surface area contributed by atoms with Crippen LogP contribution >= 0.6 is 15.9 Å². The number of likely N-dealkylation sites (N-methyl/N-ethyl adjacent to an activating group) is 2. The van der Waals surface area contributed by atoms with Gasteiger partial charge < -0.3 is 15.0 Å². The maximum atomic E-state index is 12.3. The number of nitro groups is 1. The highest BCUT2D eigenvalue weighted by Gasteiger charge is 2.25. The van der Waals surface area contributed by atoms with Crippen molar-refractivity contribution >= 4 is 21.6 Å². The number of alkyl halides is 2. The Morgan fingerprint density at radius 1 is 1.55 bits per heavy atom. The van der Waals surface area contributed by atoms with Crippen LogP contribution in [0.3, 0.4) is 0 Å². The van der Waals surface area contributed by atoms with Crippen LogP contribution in [-0.4, -0.2) is 55.5 Å². The highest BCUT2D eigenvalue weighted by Crippen LogP contribution is 2.33. The van der Waals surface area contributed by atoms with Gasteiger partial charge in [0.25, 0.3) is 12.3 Å². The van der Waals surface area contributed by atoms with E-state index in [0.29, 0.717) is 16.7 Å². The lowest BCUT2D eigenvalue weighted by Gasteiger charge is -2.21. The fourth-order valence-electron chi connectivity index (χ4n) is 1.78. The van der Waals surface area contributed by atoms with E-state index in [1.807, 2.05) is 19.0 Å². The molecule has 1 rings (SSSR count). The third-order valence-electron chi connectivity index (χ3n) is 2.72. The zero-order chi connectivity index (χ0) is 16.9. The normalized spacial score (nSPS) is 12.7. The average molecular weight is 383 g/mol. The maximum Gasteiger partial charge on any atom is 0.332 e. The minimum absolute atomic E-state index is 0.251. The van der Waals surface area contributed by atoms with Crippen LogP contribution in [0.25, 0.3) is 0 Å². The first-order valence-corrected chi connectivity index (χ1v) is 7.13. The van der Waals surface area contributed by atoms with Crippen LogP contribution in [0.4, 0.5) is 14.5 Å². The Hall–Kier alpha value is -1.39. The van der Waals surface area contributed by atoms with Gasteiger partial charge in [-0.1, -0.05) is 0 Å². The number of ether oxygens (including phenoxy) is 1. The smallest absolute Gasteiger partial charge is 0.332 e. The van der Waals surface area contributed by atoms with Gasteiger partial charge in [0.2, 0.25) is 0 Å². The first-order valence-electron chi connectivity index (χ1n) is 6.34. The van der Waals surface area contributed by atoms with Crippen molar-refractivity contribution < 1.29 is 18.4 Å². The van der Waals surface area contributed by atoms with Gasteiger partial charge >= 0.3 is 5.69 Å². The Balaban J connectivity index is 3.22. The molecule has 0 saturated heterocycles. The molecule has 1 heterocycles. The summed E-state index contributed by atoms with van der Waals surface area (Å²) in [5.41, 5.74) is -0.0120. The van der Waals surface area contributed by atoms with Crippen LogP contribution in [0, 0.1) is 10.1 Å². The number of pyridine rings is 1. The molecule has 1 N–H and O–H groups in total. The Bertz CT molecular complexity index is 531. The van der Waals surface area contributed by atoms with Gasteiger partial charge in [-0.05, 0) is 37.1 Å². The molecule has 1 unspecified atom stereocenters. The number of hydrogen-bond donors (Lipinski definition) is 1. The number of nitrogens with zero attached hydrogens (tertiary/aromatic N) is 3. The summed E-state index contributed by atoms with van der Waals surface area (Å²) in [7, 11) is 5.43. The van der Waals surface area contributed by atoms with Gasteiger partial charge in [-0.2, -0.15) is 0 Å². The van der Waals surface area contributed by atoms with Crippen molar-refractivity contribution in [3.63, 3.8) is 0 Å². The summed E-state index contributed by atoms with van der Waals surface area (Å²) >= 11 is 3.23. The van der Waals surface area contributed by atoms with Gasteiger partial charge in [-0.3, -0.25) is 10.1 Å². The average Bonchev–Trinajstić information content (AvgIpc) is 2.42. The topological polar surface area (TPSA) is 80.5 Å². The molecule has 10 heteroatoms. The first-order chi connectivity index (χ1) is 10.3. The SMILES string of the molecule is CNC(CN(C)C)c1nc(OCC(F)F)c([N+](=O)[O-])cc1Br. The molecule has 0 radical (unpaired) electrons. The molecule has 0 bridgehead atoms. The molecule has 7 nitrogen and oxygen atoms in total. The van der Waals surface area contributed by atoms with Crippen molar-refractivity contribution in [2.45, 2.75) is 12.5 Å². The molecule has 0 aliphatic heterocycles. The summed E-state index contributed by atoms with van der Waals surface area (Å²) in [5.74, 6) is -0.414. The largest absolute Gasteiger partial charge is 0.467 e. The highest BCUT2D eigenvalue weighted by atomic mass is 79.9. The lowest BCUT2D eigenvalue weighted by molar-refractivity contribution is -0.386. The quantitative estimate of drug-likeness (QED) is 0.548. The molecule has 1 aromatic rings. The molecule has 1 atom stereocenters. The molecule has 0 aromatic carbocycles. The monoisotopic (exact) mass is 382 g/mol. The predicted octanol–water partition coefficient (Wildman–Crippen LogP) is 2.22. The fraction of sp³-hybridized carbons (Fsp3) is 0.583. The van der Waals surface area contributed by atoms with Crippen LogP contribution in [-0.2, 0) is 0 Å².